The van der Waals surface area contributed by atoms with Gasteiger partial charge in [-0.1, -0.05) is 46.3 Å². The average molecular weight is 473 g/mol. The minimum absolute atomic E-state index is 0.123. The first kappa shape index (κ1) is 21.7. The molecule has 2 aromatic rings. The molecule has 1 aliphatic heterocycles. The van der Waals surface area contributed by atoms with Crippen molar-refractivity contribution < 1.29 is 24.3 Å². The van der Waals surface area contributed by atoms with Gasteiger partial charge in [-0.25, -0.2) is 4.90 Å². The number of anilines is 1. The van der Waals surface area contributed by atoms with E-state index in [4.69, 9.17) is 5.11 Å². The maximum atomic E-state index is 13.1. The summed E-state index contributed by atoms with van der Waals surface area (Å²) in [6.45, 7) is 0.223. The molecule has 1 aliphatic rings. The van der Waals surface area contributed by atoms with Crippen molar-refractivity contribution in [2.24, 2.45) is 0 Å². The summed E-state index contributed by atoms with van der Waals surface area (Å²) in [5.74, 6) is -2.39. The number of carbonyl (C=O) groups is 4. The van der Waals surface area contributed by atoms with E-state index < -0.39 is 23.8 Å². The fourth-order valence-corrected chi connectivity index (χ4v) is 3.69. The lowest BCUT2D eigenvalue weighted by Gasteiger charge is -2.27. The molecule has 3 rings (SSSR count). The smallest absolute Gasteiger partial charge is 0.303 e. The second-order valence-electron chi connectivity index (χ2n) is 6.98. The van der Waals surface area contributed by atoms with Crippen molar-refractivity contribution in [2.75, 3.05) is 11.4 Å². The fraction of sp³-hybridized carbons (Fsp3) is 0.273. The minimum Gasteiger partial charge on any atom is -0.481 e. The van der Waals surface area contributed by atoms with E-state index in [1.54, 1.807) is 24.3 Å². The summed E-state index contributed by atoms with van der Waals surface area (Å²) in [7, 11) is 0. The van der Waals surface area contributed by atoms with Crippen LogP contribution in [0.3, 0.4) is 0 Å². The quantitative estimate of drug-likeness (QED) is 0.595. The lowest BCUT2D eigenvalue weighted by atomic mass is 10.1. The van der Waals surface area contributed by atoms with Gasteiger partial charge in [-0.05, 0) is 36.2 Å². The van der Waals surface area contributed by atoms with Gasteiger partial charge in [-0.15, -0.1) is 0 Å². The number of halogens is 1. The number of rotatable bonds is 8. The molecule has 7 nitrogen and oxygen atoms in total. The molecule has 0 aromatic heterocycles. The Bertz CT molecular complexity index is 946. The molecule has 0 unspecified atom stereocenters. The molecule has 1 saturated heterocycles. The van der Waals surface area contributed by atoms with E-state index in [0.29, 0.717) is 12.1 Å². The summed E-state index contributed by atoms with van der Waals surface area (Å²) in [5.41, 5.74) is 1.42. The molecule has 0 aliphatic carbocycles. The van der Waals surface area contributed by atoms with Crippen molar-refractivity contribution in [3.63, 3.8) is 0 Å². The lowest BCUT2D eigenvalue weighted by molar-refractivity contribution is -0.143. The van der Waals surface area contributed by atoms with E-state index in [-0.39, 0.29) is 31.7 Å². The molecule has 0 spiro atoms. The molecule has 156 valence electrons. The Morgan fingerprint density at radius 1 is 1.03 bits per heavy atom. The standard InChI is InChI=1S/C22H21BrN2O5/c23-16-6-8-17(9-7-16)25-20(27)14-18(22(25)30)24(19(26)10-11-21(28)29)13-12-15-4-2-1-3-5-15/h1-9,18H,10-14H2,(H,28,29)/t18-/m1/s1. The van der Waals surface area contributed by atoms with E-state index in [1.807, 2.05) is 30.3 Å². The van der Waals surface area contributed by atoms with E-state index in [1.165, 1.54) is 4.90 Å². The van der Waals surface area contributed by atoms with Gasteiger partial charge in [0.25, 0.3) is 5.91 Å². The normalized spacial score (nSPS) is 16.0. The summed E-state index contributed by atoms with van der Waals surface area (Å²) in [6, 6.07) is 15.3. The van der Waals surface area contributed by atoms with Gasteiger partial charge in [0, 0.05) is 17.4 Å². The molecule has 0 radical (unpaired) electrons. The molecule has 8 heteroatoms. The number of amides is 3. The third-order valence-corrected chi connectivity index (χ3v) is 5.47. The number of imide groups is 1. The number of benzene rings is 2. The van der Waals surface area contributed by atoms with E-state index in [0.717, 1.165) is 14.9 Å². The zero-order valence-electron chi connectivity index (χ0n) is 16.2. The largest absolute Gasteiger partial charge is 0.481 e. The van der Waals surface area contributed by atoms with E-state index >= 15 is 0 Å². The monoisotopic (exact) mass is 472 g/mol. The van der Waals surface area contributed by atoms with Gasteiger partial charge in [-0.3, -0.25) is 19.2 Å². The summed E-state index contributed by atoms with van der Waals surface area (Å²) in [6.07, 6.45) is -0.176. The summed E-state index contributed by atoms with van der Waals surface area (Å²) < 4.78 is 0.815. The molecular weight excluding hydrogens is 452 g/mol. The van der Waals surface area contributed by atoms with Crippen molar-refractivity contribution in [2.45, 2.75) is 31.7 Å². The van der Waals surface area contributed by atoms with Crippen LogP contribution in [0.5, 0.6) is 0 Å². The molecule has 1 atom stereocenters. The molecule has 0 saturated carbocycles. The van der Waals surface area contributed by atoms with Crippen molar-refractivity contribution in [3.8, 4) is 0 Å². The van der Waals surface area contributed by atoms with Crippen LogP contribution in [0.1, 0.15) is 24.8 Å². The second kappa shape index (κ2) is 9.67. The highest BCUT2D eigenvalue weighted by Gasteiger charge is 2.44. The summed E-state index contributed by atoms with van der Waals surface area (Å²) in [5, 5.41) is 8.92. The predicted molar refractivity (Wildman–Crippen MR) is 114 cm³/mol. The van der Waals surface area contributed by atoms with Gasteiger partial charge in [0.1, 0.15) is 6.04 Å². The molecule has 1 fully saturated rings. The maximum absolute atomic E-state index is 13.1. The highest BCUT2D eigenvalue weighted by molar-refractivity contribution is 9.10. The number of hydrogen-bond acceptors (Lipinski definition) is 4. The van der Waals surface area contributed by atoms with Crippen LogP contribution in [0.4, 0.5) is 5.69 Å². The Labute approximate surface area is 182 Å². The zero-order chi connectivity index (χ0) is 21.7. The predicted octanol–water partition coefficient (Wildman–Crippen LogP) is 3.02. The van der Waals surface area contributed by atoms with Gasteiger partial charge in [0.05, 0.1) is 18.5 Å². The van der Waals surface area contributed by atoms with Crippen LogP contribution >= 0.6 is 15.9 Å². The van der Waals surface area contributed by atoms with E-state index in [9.17, 15) is 19.2 Å². The van der Waals surface area contributed by atoms with Gasteiger partial charge in [-0.2, -0.15) is 0 Å². The molecule has 0 bridgehead atoms. The van der Waals surface area contributed by atoms with Crippen LogP contribution in [0.2, 0.25) is 0 Å². The van der Waals surface area contributed by atoms with Crippen molar-refractivity contribution in [1.82, 2.24) is 4.90 Å². The number of aliphatic carboxylic acids is 1. The first-order chi connectivity index (χ1) is 14.4. The van der Waals surface area contributed by atoms with Crippen LogP contribution < -0.4 is 4.90 Å². The summed E-state index contributed by atoms with van der Waals surface area (Å²) in [4.78, 5) is 51.8. The summed E-state index contributed by atoms with van der Waals surface area (Å²) >= 11 is 3.32. The average Bonchev–Trinajstić information content (AvgIpc) is 3.02. The van der Waals surface area contributed by atoms with Crippen molar-refractivity contribution in [1.29, 1.82) is 0 Å². The molecule has 3 amide bonds. The number of carboxylic acid groups (broad SMARTS) is 1. The SMILES string of the molecule is O=C(O)CCC(=O)N(CCc1ccccc1)[C@@H]1CC(=O)N(c2ccc(Br)cc2)C1=O. The third-order valence-electron chi connectivity index (χ3n) is 4.94. The second-order valence-corrected chi connectivity index (χ2v) is 7.90. The van der Waals surface area contributed by atoms with Crippen LogP contribution in [0.15, 0.2) is 59.1 Å². The molecular formula is C22H21BrN2O5. The van der Waals surface area contributed by atoms with Crippen LogP contribution in [-0.2, 0) is 25.6 Å². The van der Waals surface area contributed by atoms with Crippen LogP contribution in [0.25, 0.3) is 0 Å². The van der Waals surface area contributed by atoms with Gasteiger partial charge < -0.3 is 10.0 Å². The Morgan fingerprint density at radius 2 is 1.70 bits per heavy atom. The zero-order valence-corrected chi connectivity index (χ0v) is 17.7. The minimum atomic E-state index is -1.09. The number of carbonyl (C=O) groups excluding carboxylic acids is 3. The van der Waals surface area contributed by atoms with Gasteiger partial charge in [0.2, 0.25) is 11.8 Å². The highest BCUT2D eigenvalue weighted by Crippen LogP contribution is 2.27. The molecule has 2 aromatic carbocycles. The first-order valence-corrected chi connectivity index (χ1v) is 10.3. The molecule has 30 heavy (non-hydrogen) atoms. The Morgan fingerprint density at radius 3 is 2.33 bits per heavy atom. The number of carboxylic acids is 1. The number of hydrogen-bond donors (Lipinski definition) is 1. The molecule has 1 N–H and O–H groups in total. The Balaban J connectivity index is 1.81. The van der Waals surface area contributed by atoms with E-state index in [2.05, 4.69) is 15.9 Å². The van der Waals surface area contributed by atoms with Gasteiger partial charge in [0.15, 0.2) is 0 Å². The Hall–Kier alpha value is -3.00. The molecule has 1 heterocycles. The topological polar surface area (TPSA) is 95.0 Å². The van der Waals surface area contributed by atoms with Gasteiger partial charge >= 0.3 is 5.97 Å². The lowest BCUT2D eigenvalue weighted by Crippen LogP contribution is -2.46. The van der Waals surface area contributed by atoms with Crippen LogP contribution in [0, 0.1) is 0 Å². The third kappa shape index (κ3) is 5.13. The first-order valence-electron chi connectivity index (χ1n) is 9.54. The highest BCUT2D eigenvalue weighted by atomic mass is 79.9. The maximum Gasteiger partial charge on any atom is 0.303 e. The fourth-order valence-electron chi connectivity index (χ4n) is 3.43. The van der Waals surface area contributed by atoms with Crippen LogP contribution in [-0.4, -0.2) is 46.3 Å². The van der Waals surface area contributed by atoms with Crippen molar-refractivity contribution in [3.05, 3.63) is 64.6 Å². The number of nitrogens with zero attached hydrogens (tertiary/aromatic N) is 2. The Kier molecular flexibility index (Phi) is 6.99. The van der Waals surface area contributed by atoms with Crippen molar-refractivity contribution >= 4 is 45.3 Å².